The molecule has 0 fully saturated rings. The van der Waals surface area contributed by atoms with Crippen molar-refractivity contribution < 1.29 is 4.79 Å². The summed E-state index contributed by atoms with van der Waals surface area (Å²) in [5.41, 5.74) is 2.58. The molecule has 5 nitrogen and oxygen atoms in total. The molecule has 7 heteroatoms. The van der Waals surface area contributed by atoms with Gasteiger partial charge in [0.05, 0.1) is 22.5 Å². The molecule has 0 radical (unpaired) electrons. The van der Waals surface area contributed by atoms with Crippen molar-refractivity contribution in [3.63, 3.8) is 0 Å². The minimum absolute atomic E-state index is 0.132. The first-order valence-corrected chi connectivity index (χ1v) is 9.89. The van der Waals surface area contributed by atoms with Gasteiger partial charge in [0.15, 0.2) is 10.3 Å². The van der Waals surface area contributed by atoms with Gasteiger partial charge in [0.1, 0.15) is 0 Å². The van der Waals surface area contributed by atoms with E-state index in [0.717, 1.165) is 29.2 Å². The normalized spacial score (nSPS) is 11.2. The lowest BCUT2D eigenvalue weighted by atomic mass is 10.1. The zero-order valence-corrected chi connectivity index (χ0v) is 16.3. The number of halogens is 1. The summed E-state index contributed by atoms with van der Waals surface area (Å²) in [5.74, 6) is 0.730. The maximum absolute atomic E-state index is 12.3. The van der Waals surface area contributed by atoms with Crippen molar-refractivity contribution in [1.29, 1.82) is 0 Å². The smallest absolute Gasteiger partial charge is 0.234 e. The molecule has 0 bridgehead atoms. The molecule has 2 heterocycles. The third kappa shape index (κ3) is 4.56. The maximum atomic E-state index is 12.3. The number of aromatic nitrogens is 3. The maximum Gasteiger partial charge on any atom is 0.234 e. The van der Waals surface area contributed by atoms with Crippen LogP contribution in [0.25, 0.3) is 11.0 Å². The van der Waals surface area contributed by atoms with Gasteiger partial charge < -0.3 is 9.88 Å². The minimum atomic E-state index is -0.132. The number of nitrogens with one attached hydrogen (secondary N) is 1. The number of rotatable bonds is 7. The lowest BCUT2D eigenvalue weighted by Crippen LogP contribution is -2.15. The first-order chi connectivity index (χ1) is 12.5. The quantitative estimate of drug-likeness (QED) is 0.463. The third-order valence-electron chi connectivity index (χ3n) is 3.92. The summed E-state index contributed by atoms with van der Waals surface area (Å²) in [7, 11) is 0. The molecule has 136 valence electrons. The van der Waals surface area contributed by atoms with Crippen molar-refractivity contribution in [2.24, 2.45) is 5.92 Å². The molecule has 0 spiro atoms. The minimum Gasteiger partial charge on any atom is -0.323 e. The van der Waals surface area contributed by atoms with Crippen molar-refractivity contribution in [2.75, 3.05) is 11.1 Å². The van der Waals surface area contributed by atoms with Crippen LogP contribution in [0.15, 0.2) is 47.8 Å². The van der Waals surface area contributed by atoms with E-state index >= 15 is 0 Å². The van der Waals surface area contributed by atoms with Crippen LogP contribution in [0.5, 0.6) is 0 Å². The largest absolute Gasteiger partial charge is 0.323 e. The fraction of sp³-hybridized carbons (Fsp3) is 0.316. The van der Waals surface area contributed by atoms with Crippen molar-refractivity contribution >= 4 is 46.0 Å². The third-order valence-corrected chi connectivity index (χ3v) is 5.19. The highest BCUT2D eigenvalue weighted by Crippen LogP contribution is 2.25. The number of thioether (sulfide) groups is 1. The summed E-state index contributed by atoms with van der Waals surface area (Å²) in [6.45, 7) is 5.30. The van der Waals surface area contributed by atoms with Crippen molar-refractivity contribution in [3.8, 4) is 0 Å². The molecule has 1 amide bonds. The number of anilines is 1. The van der Waals surface area contributed by atoms with Crippen molar-refractivity contribution in [3.05, 3.63) is 47.7 Å². The number of aryl methyl sites for hydroxylation is 1. The van der Waals surface area contributed by atoms with E-state index in [4.69, 9.17) is 16.6 Å². The van der Waals surface area contributed by atoms with E-state index in [1.165, 1.54) is 11.8 Å². The number of amides is 1. The number of carbonyl (C=O) groups is 1. The molecule has 0 aliphatic carbocycles. The van der Waals surface area contributed by atoms with E-state index < -0.39 is 0 Å². The van der Waals surface area contributed by atoms with Gasteiger partial charge in [-0.05, 0) is 36.6 Å². The SMILES string of the molecule is CC(C)CCn1c(SCC(=O)Nc2cccnc2Cl)nc2ccccc21. The van der Waals surface area contributed by atoms with Gasteiger partial charge in [-0.3, -0.25) is 4.79 Å². The molecular formula is C19H21ClN4OS. The molecular weight excluding hydrogens is 368 g/mol. The molecule has 3 aromatic rings. The number of benzene rings is 1. The van der Waals surface area contributed by atoms with Crippen LogP contribution in [-0.4, -0.2) is 26.2 Å². The molecule has 1 N–H and O–H groups in total. The Morgan fingerprint density at radius 3 is 2.85 bits per heavy atom. The van der Waals surface area contributed by atoms with Gasteiger partial charge >= 0.3 is 0 Å². The summed E-state index contributed by atoms with van der Waals surface area (Å²) >= 11 is 7.42. The zero-order valence-electron chi connectivity index (χ0n) is 14.8. The molecule has 3 rings (SSSR count). The predicted octanol–water partition coefficient (Wildman–Crippen LogP) is 4.86. The van der Waals surface area contributed by atoms with Crippen LogP contribution in [0.1, 0.15) is 20.3 Å². The lowest BCUT2D eigenvalue weighted by molar-refractivity contribution is -0.113. The van der Waals surface area contributed by atoms with E-state index in [2.05, 4.69) is 34.8 Å². The highest BCUT2D eigenvalue weighted by molar-refractivity contribution is 7.99. The summed E-state index contributed by atoms with van der Waals surface area (Å²) in [6, 6.07) is 11.5. The van der Waals surface area contributed by atoms with Crippen LogP contribution in [0.3, 0.4) is 0 Å². The second-order valence-corrected chi connectivity index (χ2v) is 7.70. The second kappa shape index (κ2) is 8.56. The number of hydrogen-bond acceptors (Lipinski definition) is 4. The molecule has 0 unspecified atom stereocenters. The lowest BCUT2D eigenvalue weighted by Gasteiger charge is -2.11. The molecule has 2 aromatic heterocycles. The van der Waals surface area contributed by atoms with Gasteiger partial charge in [0.2, 0.25) is 5.91 Å². The molecule has 0 saturated carbocycles. The Balaban J connectivity index is 1.72. The van der Waals surface area contributed by atoms with Gasteiger partial charge in [-0.25, -0.2) is 9.97 Å². The Kier molecular flexibility index (Phi) is 6.16. The number of fused-ring (bicyclic) bond motifs is 1. The van der Waals surface area contributed by atoms with E-state index in [9.17, 15) is 4.79 Å². The Labute approximate surface area is 162 Å². The summed E-state index contributed by atoms with van der Waals surface area (Å²) in [4.78, 5) is 20.9. The monoisotopic (exact) mass is 388 g/mol. The van der Waals surface area contributed by atoms with Crippen LogP contribution in [0.2, 0.25) is 5.15 Å². The summed E-state index contributed by atoms with van der Waals surface area (Å²) < 4.78 is 2.20. The topological polar surface area (TPSA) is 59.8 Å². The van der Waals surface area contributed by atoms with Crippen LogP contribution in [0.4, 0.5) is 5.69 Å². The number of carbonyl (C=O) groups excluding carboxylic acids is 1. The van der Waals surface area contributed by atoms with Gasteiger partial charge in [0.25, 0.3) is 0 Å². The molecule has 0 aliphatic rings. The van der Waals surface area contributed by atoms with Gasteiger partial charge in [-0.15, -0.1) is 0 Å². The Morgan fingerprint density at radius 2 is 2.08 bits per heavy atom. The molecule has 1 aromatic carbocycles. The van der Waals surface area contributed by atoms with E-state index in [1.807, 2.05) is 18.2 Å². The number of nitrogens with zero attached hydrogens (tertiary/aromatic N) is 3. The Bertz CT molecular complexity index is 909. The molecule has 0 aliphatic heterocycles. The Hall–Kier alpha value is -2.05. The number of imidazole rings is 1. The molecule has 26 heavy (non-hydrogen) atoms. The van der Waals surface area contributed by atoms with Crippen LogP contribution in [-0.2, 0) is 11.3 Å². The summed E-state index contributed by atoms with van der Waals surface area (Å²) in [6.07, 6.45) is 2.65. The average molecular weight is 389 g/mol. The predicted molar refractivity (Wildman–Crippen MR) is 108 cm³/mol. The van der Waals surface area contributed by atoms with Crippen LogP contribution >= 0.6 is 23.4 Å². The van der Waals surface area contributed by atoms with Crippen LogP contribution in [0, 0.1) is 5.92 Å². The summed E-state index contributed by atoms with van der Waals surface area (Å²) in [5, 5.41) is 3.94. The first-order valence-electron chi connectivity index (χ1n) is 8.53. The van der Waals surface area contributed by atoms with Gasteiger partial charge in [-0.1, -0.05) is 49.3 Å². The zero-order chi connectivity index (χ0) is 18.5. The fourth-order valence-electron chi connectivity index (χ4n) is 2.56. The van der Waals surface area contributed by atoms with Crippen LogP contribution < -0.4 is 5.32 Å². The standard InChI is InChI=1S/C19H21ClN4OS/c1-13(2)9-11-24-16-8-4-3-6-14(16)23-19(24)26-12-17(25)22-15-7-5-10-21-18(15)20/h3-8,10,13H,9,11-12H2,1-2H3,(H,22,25). The second-order valence-electron chi connectivity index (χ2n) is 6.40. The van der Waals surface area contributed by atoms with Crippen molar-refractivity contribution in [1.82, 2.24) is 14.5 Å². The number of hydrogen-bond donors (Lipinski definition) is 1. The molecule has 0 atom stereocenters. The van der Waals surface area contributed by atoms with Gasteiger partial charge in [0, 0.05) is 12.7 Å². The average Bonchev–Trinajstić information content (AvgIpc) is 2.98. The first kappa shape index (κ1) is 18.7. The van der Waals surface area contributed by atoms with E-state index in [1.54, 1.807) is 18.3 Å². The number of pyridine rings is 1. The highest BCUT2D eigenvalue weighted by Gasteiger charge is 2.14. The number of para-hydroxylation sites is 2. The highest BCUT2D eigenvalue weighted by atomic mass is 35.5. The molecule has 0 saturated heterocycles. The van der Waals surface area contributed by atoms with E-state index in [0.29, 0.717) is 11.6 Å². The van der Waals surface area contributed by atoms with E-state index in [-0.39, 0.29) is 16.8 Å². The fourth-order valence-corrected chi connectivity index (χ4v) is 3.57. The van der Waals surface area contributed by atoms with Crippen molar-refractivity contribution in [2.45, 2.75) is 32.0 Å². The Morgan fingerprint density at radius 1 is 1.27 bits per heavy atom. The van der Waals surface area contributed by atoms with Gasteiger partial charge in [-0.2, -0.15) is 0 Å².